The summed E-state index contributed by atoms with van der Waals surface area (Å²) in [5.74, 6) is -0.000301. The Kier molecular flexibility index (Phi) is 4.12. The smallest absolute Gasteiger partial charge is 0.255 e. The third-order valence-corrected chi connectivity index (χ3v) is 3.90. The molecule has 1 amide bonds. The number of aliphatic hydroxyl groups excluding tert-OH is 1. The van der Waals surface area contributed by atoms with E-state index in [4.69, 9.17) is 0 Å². The van der Waals surface area contributed by atoms with Crippen molar-refractivity contribution in [3.05, 3.63) is 28.2 Å². The molecule has 1 aliphatic rings. The first-order chi connectivity index (χ1) is 8.08. The maximum absolute atomic E-state index is 12.3. The Morgan fingerprint density at radius 3 is 2.71 bits per heavy atom. The molecule has 92 valence electrons. The molecule has 0 aromatic heterocycles. The molecule has 1 fully saturated rings. The Labute approximate surface area is 114 Å². The Hall–Kier alpha value is -0.520. The van der Waals surface area contributed by atoms with Crippen molar-refractivity contribution in [2.75, 3.05) is 13.1 Å². The van der Waals surface area contributed by atoms with Crippen LogP contribution >= 0.6 is 28.6 Å². The van der Waals surface area contributed by atoms with E-state index >= 15 is 0 Å². The van der Waals surface area contributed by atoms with Crippen molar-refractivity contribution < 1.29 is 9.90 Å². The number of piperidine rings is 1. The van der Waals surface area contributed by atoms with Crippen molar-refractivity contribution in [2.24, 2.45) is 0 Å². The van der Waals surface area contributed by atoms with Gasteiger partial charge >= 0.3 is 0 Å². The lowest BCUT2D eigenvalue weighted by Gasteiger charge is -2.30. The van der Waals surface area contributed by atoms with E-state index in [2.05, 4.69) is 28.6 Å². The molecule has 0 spiro atoms. The minimum absolute atomic E-state index is 0.000301. The first kappa shape index (κ1) is 12.9. The summed E-state index contributed by atoms with van der Waals surface area (Å²) in [5.41, 5.74) is 0.633. The van der Waals surface area contributed by atoms with E-state index in [0.717, 1.165) is 9.37 Å². The molecule has 1 aliphatic heterocycles. The number of nitrogens with zero attached hydrogens (tertiary/aromatic N) is 1. The number of benzene rings is 1. The number of likely N-dealkylation sites (tertiary alicyclic amines) is 1. The quantitative estimate of drug-likeness (QED) is 0.781. The van der Waals surface area contributed by atoms with Crippen LogP contribution in [0.5, 0.6) is 0 Å². The molecular formula is C12H14BrNO2S. The second kappa shape index (κ2) is 5.42. The molecule has 2 rings (SSSR count). The molecular weight excluding hydrogens is 302 g/mol. The number of hydrogen-bond donors (Lipinski definition) is 2. The molecule has 1 N–H and O–H groups in total. The highest BCUT2D eigenvalue weighted by molar-refractivity contribution is 9.10. The number of thiol groups is 1. The number of amides is 1. The SMILES string of the molecule is O=C(c1cc(S)ccc1Br)N1CCC(O)CC1. The van der Waals surface area contributed by atoms with Gasteiger partial charge in [-0.1, -0.05) is 0 Å². The second-order valence-electron chi connectivity index (χ2n) is 4.19. The molecule has 1 heterocycles. The third-order valence-electron chi connectivity index (χ3n) is 2.93. The zero-order chi connectivity index (χ0) is 12.4. The Bertz CT molecular complexity index is 431. The number of carbonyl (C=O) groups is 1. The summed E-state index contributed by atoms with van der Waals surface area (Å²) in [7, 11) is 0. The normalized spacial score (nSPS) is 17.2. The molecule has 1 aromatic carbocycles. The van der Waals surface area contributed by atoms with Crippen molar-refractivity contribution in [1.29, 1.82) is 0 Å². The van der Waals surface area contributed by atoms with Gasteiger partial charge in [0.05, 0.1) is 11.7 Å². The number of aliphatic hydroxyl groups is 1. The first-order valence-corrected chi connectivity index (χ1v) is 6.78. The van der Waals surface area contributed by atoms with Gasteiger partial charge < -0.3 is 10.0 Å². The summed E-state index contributed by atoms with van der Waals surface area (Å²) >= 11 is 7.62. The van der Waals surface area contributed by atoms with E-state index in [-0.39, 0.29) is 12.0 Å². The van der Waals surface area contributed by atoms with Crippen LogP contribution in [0.2, 0.25) is 0 Å². The molecule has 0 aliphatic carbocycles. The fourth-order valence-electron chi connectivity index (χ4n) is 1.92. The van der Waals surface area contributed by atoms with E-state index in [1.165, 1.54) is 0 Å². The molecule has 0 saturated carbocycles. The Morgan fingerprint density at radius 2 is 2.06 bits per heavy atom. The van der Waals surface area contributed by atoms with E-state index < -0.39 is 0 Å². The van der Waals surface area contributed by atoms with Gasteiger partial charge in [-0.3, -0.25) is 4.79 Å². The topological polar surface area (TPSA) is 40.5 Å². The van der Waals surface area contributed by atoms with Crippen LogP contribution in [0.15, 0.2) is 27.6 Å². The van der Waals surface area contributed by atoms with E-state index in [0.29, 0.717) is 31.5 Å². The molecule has 0 atom stereocenters. The predicted molar refractivity (Wildman–Crippen MR) is 72.5 cm³/mol. The van der Waals surface area contributed by atoms with Crippen LogP contribution in [0.1, 0.15) is 23.2 Å². The van der Waals surface area contributed by atoms with Crippen molar-refractivity contribution in [2.45, 2.75) is 23.8 Å². The van der Waals surface area contributed by atoms with Gasteiger partial charge in [-0.05, 0) is 47.0 Å². The molecule has 0 bridgehead atoms. The van der Waals surface area contributed by atoms with Crippen molar-refractivity contribution >= 4 is 34.5 Å². The van der Waals surface area contributed by atoms with Gasteiger partial charge in [0.15, 0.2) is 0 Å². The molecule has 0 unspecified atom stereocenters. The van der Waals surface area contributed by atoms with Crippen LogP contribution in [-0.4, -0.2) is 35.1 Å². The van der Waals surface area contributed by atoms with Gasteiger partial charge in [-0.25, -0.2) is 0 Å². The van der Waals surface area contributed by atoms with Gasteiger partial charge in [0, 0.05) is 22.5 Å². The monoisotopic (exact) mass is 315 g/mol. The van der Waals surface area contributed by atoms with Crippen LogP contribution in [0.3, 0.4) is 0 Å². The fourth-order valence-corrected chi connectivity index (χ4v) is 2.54. The van der Waals surface area contributed by atoms with Crippen LogP contribution in [-0.2, 0) is 0 Å². The van der Waals surface area contributed by atoms with E-state index in [9.17, 15) is 9.90 Å². The lowest BCUT2D eigenvalue weighted by molar-refractivity contribution is 0.0545. The van der Waals surface area contributed by atoms with Crippen LogP contribution in [0.4, 0.5) is 0 Å². The summed E-state index contributed by atoms with van der Waals surface area (Å²) in [6.07, 6.45) is 1.05. The average Bonchev–Trinajstić information content (AvgIpc) is 2.32. The third kappa shape index (κ3) is 3.03. The van der Waals surface area contributed by atoms with Gasteiger partial charge in [-0.2, -0.15) is 0 Å². The Balaban J connectivity index is 2.16. The van der Waals surface area contributed by atoms with Gasteiger partial charge in [0.25, 0.3) is 5.91 Å². The second-order valence-corrected chi connectivity index (χ2v) is 5.56. The van der Waals surface area contributed by atoms with E-state index in [1.54, 1.807) is 11.0 Å². The highest BCUT2D eigenvalue weighted by atomic mass is 79.9. The van der Waals surface area contributed by atoms with Crippen molar-refractivity contribution in [1.82, 2.24) is 4.90 Å². The van der Waals surface area contributed by atoms with Crippen LogP contribution in [0.25, 0.3) is 0 Å². The molecule has 5 heteroatoms. The maximum atomic E-state index is 12.3. The number of hydrogen-bond acceptors (Lipinski definition) is 3. The Morgan fingerprint density at radius 1 is 1.41 bits per heavy atom. The highest BCUT2D eigenvalue weighted by Crippen LogP contribution is 2.23. The summed E-state index contributed by atoms with van der Waals surface area (Å²) in [5, 5.41) is 9.42. The summed E-state index contributed by atoms with van der Waals surface area (Å²) < 4.78 is 0.784. The fraction of sp³-hybridized carbons (Fsp3) is 0.417. The van der Waals surface area contributed by atoms with Gasteiger partial charge in [0.2, 0.25) is 0 Å². The highest BCUT2D eigenvalue weighted by Gasteiger charge is 2.23. The number of rotatable bonds is 1. The van der Waals surface area contributed by atoms with Gasteiger partial charge in [0.1, 0.15) is 0 Å². The number of halogens is 1. The molecule has 17 heavy (non-hydrogen) atoms. The average molecular weight is 316 g/mol. The standard InChI is InChI=1S/C12H14BrNO2S/c13-11-2-1-9(17)7-10(11)12(16)14-5-3-8(15)4-6-14/h1-2,7-8,15,17H,3-6H2. The minimum Gasteiger partial charge on any atom is -0.393 e. The largest absolute Gasteiger partial charge is 0.393 e. The minimum atomic E-state index is -0.265. The zero-order valence-corrected chi connectivity index (χ0v) is 11.7. The van der Waals surface area contributed by atoms with Crippen LogP contribution in [0, 0.1) is 0 Å². The summed E-state index contributed by atoms with van der Waals surface area (Å²) in [6, 6.07) is 5.43. The predicted octanol–water partition coefficient (Wildman–Crippen LogP) is 2.33. The summed E-state index contributed by atoms with van der Waals surface area (Å²) in [6.45, 7) is 1.23. The first-order valence-electron chi connectivity index (χ1n) is 5.54. The lowest BCUT2D eigenvalue weighted by atomic mass is 10.1. The zero-order valence-electron chi connectivity index (χ0n) is 9.27. The van der Waals surface area contributed by atoms with Crippen molar-refractivity contribution in [3.63, 3.8) is 0 Å². The molecule has 3 nitrogen and oxygen atoms in total. The van der Waals surface area contributed by atoms with E-state index in [1.807, 2.05) is 12.1 Å². The molecule has 1 aromatic rings. The van der Waals surface area contributed by atoms with Crippen LogP contribution < -0.4 is 0 Å². The summed E-state index contributed by atoms with van der Waals surface area (Å²) in [4.78, 5) is 14.8. The van der Waals surface area contributed by atoms with Gasteiger partial charge in [-0.15, -0.1) is 12.6 Å². The number of carbonyl (C=O) groups excluding carboxylic acids is 1. The molecule has 1 saturated heterocycles. The molecule has 0 radical (unpaired) electrons. The lowest BCUT2D eigenvalue weighted by Crippen LogP contribution is -2.40. The maximum Gasteiger partial charge on any atom is 0.255 e. The van der Waals surface area contributed by atoms with Crippen molar-refractivity contribution in [3.8, 4) is 0 Å².